The highest BCUT2D eigenvalue weighted by molar-refractivity contribution is 5.93. The van der Waals surface area contributed by atoms with E-state index in [1.807, 2.05) is 30.3 Å². The Balaban J connectivity index is 1.72. The highest BCUT2D eigenvalue weighted by Gasteiger charge is 2.28. The number of rotatable bonds is 3. The van der Waals surface area contributed by atoms with Gasteiger partial charge < -0.3 is 9.64 Å². The Kier molecular flexibility index (Phi) is 4.33. The number of anilines is 1. The Morgan fingerprint density at radius 3 is 2.83 bits per heavy atom. The zero-order chi connectivity index (χ0) is 16.2. The van der Waals surface area contributed by atoms with Crippen LogP contribution in [-0.2, 0) is 14.3 Å². The number of carbonyl (C=O) groups excluding carboxylic acids is 2. The Labute approximate surface area is 133 Å². The average molecular weight is 315 g/mol. The van der Waals surface area contributed by atoms with Gasteiger partial charge in [-0.05, 0) is 12.1 Å². The molecule has 1 unspecified atom stereocenters. The minimum atomic E-state index is -0.714. The number of amides is 2. The van der Waals surface area contributed by atoms with Crippen LogP contribution in [0.5, 0.6) is 0 Å². The minimum Gasteiger partial charge on any atom is -0.365 e. The standard InChI is InChI=1S/C15H17N5O3/c1-11(21)19-7-8-23-13(9-19)14(22)18-15-16-10-17-20(15)12-5-3-2-4-6-12/h2-6,10,13H,7-9H2,1H3,(H,16,17,18,22). The number of nitrogens with one attached hydrogen (secondary N) is 1. The molecular formula is C15H17N5O3. The predicted molar refractivity (Wildman–Crippen MR) is 82.0 cm³/mol. The molecule has 2 amide bonds. The van der Waals surface area contributed by atoms with Crippen LogP contribution in [0.15, 0.2) is 36.7 Å². The third-order valence-corrected chi connectivity index (χ3v) is 3.59. The van der Waals surface area contributed by atoms with Gasteiger partial charge in [0.15, 0.2) is 6.10 Å². The van der Waals surface area contributed by atoms with Gasteiger partial charge in [0, 0.05) is 13.5 Å². The maximum atomic E-state index is 12.4. The van der Waals surface area contributed by atoms with Crippen molar-refractivity contribution in [3.8, 4) is 5.69 Å². The van der Waals surface area contributed by atoms with E-state index in [0.29, 0.717) is 19.1 Å². The fraction of sp³-hybridized carbons (Fsp3) is 0.333. The second kappa shape index (κ2) is 6.57. The maximum Gasteiger partial charge on any atom is 0.257 e. The van der Waals surface area contributed by atoms with Gasteiger partial charge in [0.25, 0.3) is 5.91 Å². The number of nitrogens with zero attached hydrogens (tertiary/aromatic N) is 4. The molecule has 3 rings (SSSR count). The summed E-state index contributed by atoms with van der Waals surface area (Å²) in [5.74, 6) is -0.107. The zero-order valence-corrected chi connectivity index (χ0v) is 12.7. The normalized spacial score (nSPS) is 17.8. The molecule has 2 heterocycles. The van der Waals surface area contributed by atoms with Gasteiger partial charge in [-0.1, -0.05) is 18.2 Å². The highest BCUT2D eigenvalue weighted by Crippen LogP contribution is 2.13. The first-order valence-electron chi connectivity index (χ1n) is 7.28. The Hall–Kier alpha value is -2.74. The molecule has 8 heteroatoms. The fourth-order valence-electron chi connectivity index (χ4n) is 2.37. The van der Waals surface area contributed by atoms with Gasteiger partial charge in [-0.3, -0.25) is 14.9 Å². The van der Waals surface area contributed by atoms with Gasteiger partial charge in [0.2, 0.25) is 11.9 Å². The van der Waals surface area contributed by atoms with Gasteiger partial charge in [-0.2, -0.15) is 14.8 Å². The van der Waals surface area contributed by atoms with Crippen molar-refractivity contribution >= 4 is 17.8 Å². The van der Waals surface area contributed by atoms with E-state index in [4.69, 9.17) is 4.74 Å². The smallest absolute Gasteiger partial charge is 0.257 e. The number of carbonyl (C=O) groups is 2. The Bertz CT molecular complexity index is 700. The third kappa shape index (κ3) is 3.37. The first kappa shape index (κ1) is 15.2. The summed E-state index contributed by atoms with van der Waals surface area (Å²) in [5.41, 5.74) is 0.787. The molecule has 1 N–H and O–H groups in total. The van der Waals surface area contributed by atoms with Gasteiger partial charge in [-0.15, -0.1) is 0 Å². The molecule has 1 aromatic heterocycles. The van der Waals surface area contributed by atoms with Crippen LogP contribution in [0, 0.1) is 0 Å². The van der Waals surface area contributed by atoms with E-state index in [9.17, 15) is 9.59 Å². The molecule has 0 bridgehead atoms. The van der Waals surface area contributed by atoms with Crippen LogP contribution >= 0.6 is 0 Å². The largest absolute Gasteiger partial charge is 0.365 e. The number of ether oxygens (including phenoxy) is 1. The molecule has 120 valence electrons. The second-order valence-electron chi connectivity index (χ2n) is 5.14. The van der Waals surface area contributed by atoms with Gasteiger partial charge in [0.1, 0.15) is 6.33 Å². The van der Waals surface area contributed by atoms with E-state index in [0.717, 1.165) is 5.69 Å². The number of morpholine rings is 1. The quantitative estimate of drug-likeness (QED) is 0.888. The summed E-state index contributed by atoms with van der Waals surface area (Å²) in [5, 5.41) is 6.82. The molecule has 0 spiro atoms. The Morgan fingerprint density at radius 2 is 2.09 bits per heavy atom. The molecular weight excluding hydrogens is 298 g/mol. The first-order chi connectivity index (χ1) is 11.1. The number of hydrogen-bond acceptors (Lipinski definition) is 5. The van der Waals surface area contributed by atoms with Gasteiger partial charge in [0.05, 0.1) is 18.8 Å². The molecule has 0 radical (unpaired) electrons. The molecule has 0 saturated carbocycles. The summed E-state index contributed by atoms with van der Waals surface area (Å²) in [4.78, 5) is 29.5. The van der Waals surface area contributed by atoms with E-state index in [-0.39, 0.29) is 18.4 Å². The van der Waals surface area contributed by atoms with Crippen molar-refractivity contribution in [3.05, 3.63) is 36.7 Å². The summed E-state index contributed by atoms with van der Waals surface area (Å²) in [6, 6.07) is 9.36. The number of aromatic nitrogens is 3. The molecule has 1 saturated heterocycles. The maximum absolute atomic E-state index is 12.4. The summed E-state index contributed by atoms with van der Waals surface area (Å²) in [6.45, 7) is 2.55. The molecule has 8 nitrogen and oxygen atoms in total. The average Bonchev–Trinajstić information content (AvgIpc) is 3.04. The number of hydrogen-bond donors (Lipinski definition) is 1. The lowest BCUT2D eigenvalue weighted by Crippen LogP contribution is -2.49. The summed E-state index contributed by atoms with van der Waals surface area (Å²) < 4.78 is 6.98. The molecule has 23 heavy (non-hydrogen) atoms. The second-order valence-corrected chi connectivity index (χ2v) is 5.14. The van der Waals surface area contributed by atoms with Gasteiger partial charge in [-0.25, -0.2) is 0 Å². The number of benzene rings is 1. The lowest BCUT2D eigenvalue weighted by Gasteiger charge is -2.31. The van der Waals surface area contributed by atoms with E-state index in [1.54, 1.807) is 4.90 Å². The van der Waals surface area contributed by atoms with Crippen LogP contribution in [0.4, 0.5) is 5.95 Å². The summed E-state index contributed by atoms with van der Waals surface area (Å²) in [6.07, 6.45) is 0.653. The third-order valence-electron chi connectivity index (χ3n) is 3.59. The highest BCUT2D eigenvalue weighted by atomic mass is 16.5. The first-order valence-corrected chi connectivity index (χ1v) is 7.28. The van der Waals surface area contributed by atoms with Crippen molar-refractivity contribution in [2.45, 2.75) is 13.0 Å². The minimum absolute atomic E-state index is 0.0708. The van der Waals surface area contributed by atoms with Crippen LogP contribution in [0.25, 0.3) is 5.69 Å². The van der Waals surface area contributed by atoms with E-state index in [1.165, 1.54) is 17.9 Å². The van der Waals surface area contributed by atoms with Crippen LogP contribution in [0.2, 0.25) is 0 Å². The van der Waals surface area contributed by atoms with Crippen LogP contribution in [0.3, 0.4) is 0 Å². The lowest BCUT2D eigenvalue weighted by atomic mass is 10.2. The van der Waals surface area contributed by atoms with Crippen molar-refractivity contribution in [1.29, 1.82) is 0 Å². The lowest BCUT2D eigenvalue weighted by molar-refractivity contribution is -0.143. The van der Waals surface area contributed by atoms with Crippen molar-refractivity contribution < 1.29 is 14.3 Å². The zero-order valence-electron chi connectivity index (χ0n) is 12.7. The summed E-state index contributed by atoms with van der Waals surface area (Å²) in [7, 11) is 0. The van der Waals surface area contributed by atoms with Gasteiger partial charge >= 0.3 is 0 Å². The number of para-hydroxylation sites is 1. The molecule has 1 aliphatic heterocycles. The van der Waals surface area contributed by atoms with Crippen LogP contribution in [0.1, 0.15) is 6.92 Å². The molecule has 2 aromatic rings. The van der Waals surface area contributed by atoms with Crippen LogP contribution < -0.4 is 5.32 Å². The van der Waals surface area contributed by atoms with Crippen LogP contribution in [-0.4, -0.2) is 57.3 Å². The van der Waals surface area contributed by atoms with Crippen molar-refractivity contribution in [3.63, 3.8) is 0 Å². The Morgan fingerprint density at radius 1 is 1.30 bits per heavy atom. The van der Waals surface area contributed by atoms with E-state index in [2.05, 4.69) is 15.4 Å². The van der Waals surface area contributed by atoms with Crippen molar-refractivity contribution in [1.82, 2.24) is 19.7 Å². The SMILES string of the molecule is CC(=O)N1CCOC(C(=O)Nc2ncnn2-c2ccccc2)C1. The molecule has 1 atom stereocenters. The van der Waals surface area contributed by atoms with Crippen molar-refractivity contribution in [2.24, 2.45) is 0 Å². The predicted octanol–water partition coefficient (Wildman–Crippen LogP) is 0.453. The molecule has 1 aliphatic rings. The monoisotopic (exact) mass is 315 g/mol. The van der Waals surface area contributed by atoms with E-state index < -0.39 is 6.10 Å². The van der Waals surface area contributed by atoms with Crippen molar-refractivity contribution in [2.75, 3.05) is 25.0 Å². The topological polar surface area (TPSA) is 89.3 Å². The molecule has 0 aliphatic carbocycles. The van der Waals surface area contributed by atoms with E-state index >= 15 is 0 Å². The fourth-order valence-corrected chi connectivity index (χ4v) is 2.37. The molecule has 1 aromatic carbocycles. The molecule has 1 fully saturated rings. The summed E-state index contributed by atoms with van der Waals surface area (Å²) >= 11 is 0.